The van der Waals surface area contributed by atoms with Gasteiger partial charge in [0, 0.05) is 17.9 Å². The Hall–Kier alpha value is -1.28. The van der Waals surface area contributed by atoms with E-state index < -0.39 is 11.6 Å². The topological polar surface area (TPSA) is 49.8 Å². The summed E-state index contributed by atoms with van der Waals surface area (Å²) < 4.78 is 27.0. The largest absolute Gasteiger partial charge is 0.399 e. The Kier molecular flexibility index (Phi) is 3.25. The molecule has 2 rings (SSSR count). The SMILES string of the molecule is N#CCC1(CSc2c(F)cc(N)cc2F)CC1. The zero-order valence-electron chi connectivity index (χ0n) is 9.17. The monoisotopic (exact) mass is 254 g/mol. The van der Waals surface area contributed by atoms with Crippen LogP contribution in [0.5, 0.6) is 0 Å². The first kappa shape index (κ1) is 12.2. The van der Waals surface area contributed by atoms with E-state index in [1.807, 2.05) is 0 Å². The van der Waals surface area contributed by atoms with Crippen molar-refractivity contribution in [3.05, 3.63) is 23.8 Å². The molecule has 1 aromatic carbocycles. The number of rotatable bonds is 4. The summed E-state index contributed by atoms with van der Waals surface area (Å²) in [6.07, 6.45) is 2.38. The van der Waals surface area contributed by atoms with Gasteiger partial charge in [-0.15, -0.1) is 11.8 Å². The number of hydrogen-bond donors (Lipinski definition) is 1. The molecule has 0 aromatic heterocycles. The van der Waals surface area contributed by atoms with Gasteiger partial charge in [0.05, 0.1) is 11.0 Å². The van der Waals surface area contributed by atoms with Crippen LogP contribution in [0.3, 0.4) is 0 Å². The maximum atomic E-state index is 13.5. The highest BCUT2D eigenvalue weighted by Gasteiger charge is 2.42. The quantitative estimate of drug-likeness (QED) is 0.662. The first-order valence-corrected chi connectivity index (χ1v) is 6.29. The minimum absolute atomic E-state index is 0.00316. The third kappa shape index (κ3) is 2.70. The number of hydrogen-bond acceptors (Lipinski definition) is 3. The van der Waals surface area contributed by atoms with E-state index in [0.29, 0.717) is 12.2 Å². The lowest BCUT2D eigenvalue weighted by Crippen LogP contribution is -2.03. The van der Waals surface area contributed by atoms with Gasteiger partial charge in [-0.3, -0.25) is 0 Å². The fraction of sp³-hybridized carbons (Fsp3) is 0.417. The smallest absolute Gasteiger partial charge is 0.141 e. The van der Waals surface area contributed by atoms with Gasteiger partial charge in [-0.2, -0.15) is 5.26 Å². The normalized spacial score (nSPS) is 16.5. The van der Waals surface area contributed by atoms with Crippen molar-refractivity contribution in [2.75, 3.05) is 11.5 Å². The first-order valence-electron chi connectivity index (χ1n) is 5.31. The fourth-order valence-corrected chi connectivity index (χ4v) is 2.89. The maximum absolute atomic E-state index is 13.5. The van der Waals surface area contributed by atoms with Crippen LogP contribution in [-0.4, -0.2) is 5.75 Å². The Morgan fingerprint density at radius 3 is 2.41 bits per heavy atom. The lowest BCUT2D eigenvalue weighted by molar-refractivity contribution is 0.539. The molecule has 2 N–H and O–H groups in total. The van der Waals surface area contributed by atoms with Gasteiger partial charge < -0.3 is 5.73 Å². The van der Waals surface area contributed by atoms with Gasteiger partial charge in [0.15, 0.2) is 0 Å². The van der Waals surface area contributed by atoms with Gasteiger partial charge >= 0.3 is 0 Å². The Labute approximate surface area is 103 Å². The summed E-state index contributed by atoms with van der Waals surface area (Å²) in [7, 11) is 0. The van der Waals surface area contributed by atoms with Gasteiger partial charge in [0.1, 0.15) is 11.6 Å². The molecule has 1 aliphatic carbocycles. The molecule has 0 bridgehead atoms. The van der Waals surface area contributed by atoms with Crippen molar-refractivity contribution in [1.82, 2.24) is 0 Å². The first-order chi connectivity index (χ1) is 8.06. The number of nitrogens with two attached hydrogens (primary N) is 1. The molecule has 17 heavy (non-hydrogen) atoms. The zero-order valence-corrected chi connectivity index (χ0v) is 9.99. The molecule has 2 nitrogen and oxygen atoms in total. The van der Waals surface area contributed by atoms with Crippen LogP contribution in [0.15, 0.2) is 17.0 Å². The lowest BCUT2D eigenvalue weighted by atomic mass is 10.1. The molecule has 5 heteroatoms. The van der Waals surface area contributed by atoms with E-state index in [2.05, 4.69) is 6.07 Å². The van der Waals surface area contributed by atoms with Crippen LogP contribution in [0.1, 0.15) is 19.3 Å². The molecule has 0 saturated heterocycles. The van der Waals surface area contributed by atoms with Gasteiger partial charge in [-0.1, -0.05) is 0 Å². The van der Waals surface area contributed by atoms with Gasteiger partial charge in [-0.05, 0) is 30.4 Å². The van der Waals surface area contributed by atoms with Crippen molar-refractivity contribution in [2.24, 2.45) is 5.41 Å². The minimum atomic E-state index is -0.625. The van der Waals surface area contributed by atoms with Crippen LogP contribution in [0, 0.1) is 28.4 Å². The number of thioether (sulfide) groups is 1. The summed E-state index contributed by atoms with van der Waals surface area (Å²) in [6.45, 7) is 0. The van der Waals surface area contributed by atoms with Crippen LogP contribution >= 0.6 is 11.8 Å². The van der Waals surface area contributed by atoms with Crippen LogP contribution in [0.4, 0.5) is 14.5 Å². The lowest BCUT2D eigenvalue weighted by Gasteiger charge is -2.11. The summed E-state index contributed by atoms with van der Waals surface area (Å²) >= 11 is 1.14. The summed E-state index contributed by atoms with van der Waals surface area (Å²) in [5.74, 6) is -0.668. The summed E-state index contributed by atoms with van der Waals surface area (Å²) in [4.78, 5) is 0.00316. The standard InChI is InChI=1S/C12H12F2N2S/c13-9-5-8(16)6-10(14)11(9)17-7-12(1-2-12)3-4-15/h5-6H,1-3,7,16H2. The van der Waals surface area contributed by atoms with Crippen LogP contribution < -0.4 is 5.73 Å². The molecule has 1 aromatic rings. The van der Waals surface area contributed by atoms with Crippen LogP contribution in [0.2, 0.25) is 0 Å². The highest BCUT2D eigenvalue weighted by atomic mass is 32.2. The van der Waals surface area contributed by atoms with Crippen molar-refractivity contribution in [3.63, 3.8) is 0 Å². The van der Waals surface area contributed by atoms with E-state index in [4.69, 9.17) is 11.0 Å². The second-order valence-corrected chi connectivity index (χ2v) is 5.42. The number of benzene rings is 1. The van der Waals surface area contributed by atoms with Gasteiger partial charge in [0.2, 0.25) is 0 Å². The second kappa shape index (κ2) is 4.53. The van der Waals surface area contributed by atoms with E-state index in [0.717, 1.165) is 36.7 Å². The van der Waals surface area contributed by atoms with Crippen molar-refractivity contribution in [1.29, 1.82) is 5.26 Å². The predicted molar refractivity (Wildman–Crippen MR) is 63.4 cm³/mol. The number of halogens is 2. The molecule has 0 radical (unpaired) electrons. The Morgan fingerprint density at radius 1 is 1.35 bits per heavy atom. The second-order valence-electron chi connectivity index (χ2n) is 4.44. The molecular weight excluding hydrogens is 242 g/mol. The number of nitrogen functional groups attached to an aromatic ring is 1. The predicted octanol–water partition coefficient (Wildman–Crippen LogP) is 3.33. The van der Waals surface area contributed by atoms with Crippen molar-refractivity contribution >= 4 is 17.4 Å². The highest BCUT2D eigenvalue weighted by molar-refractivity contribution is 7.99. The molecular formula is C12H12F2N2S. The van der Waals surface area contributed by atoms with E-state index >= 15 is 0 Å². The maximum Gasteiger partial charge on any atom is 0.141 e. The fourth-order valence-electron chi connectivity index (χ4n) is 1.66. The number of anilines is 1. The van der Waals surface area contributed by atoms with E-state index in [9.17, 15) is 8.78 Å². The summed E-state index contributed by atoms with van der Waals surface area (Å²) in [5, 5.41) is 8.66. The van der Waals surface area contributed by atoms with Crippen molar-refractivity contribution < 1.29 is 8.78 Å². The third-order valence-corrected chi connectivity index (χ3v) is 4.39. The molecule has 0 amide bonds. The Bertz CT molecular complexity index is 455. The summed E-state index contributed by atoms with van der Waals surface area (Å²) in [5.41, 5.74) is 5.40. The Morgan fingerprint density at radius 2 is 1.94 bits per heavy atom. The van der Waals surface area contributed by atoms with E-state index in [-0.39, 0.29) is 16.0 Å². The Balaban J connectivity index is 2.07. The minimum Gasteiger partial charge on any atom is -0.399 e. The zero-order chi connectivity index (χ0) is 12.5. The van der Waals surface area contributed by atoms with Crippen LogP contribution in [0.25, 0.3) is 0 Å². The molecule has 0 aliphatic heterocycles. The number of nitriles is 1. The van der Waals surface area contributed by atoms with E-state index in [1.165, 1.54) is 0 Å². The molecule has 90 valence electrons. The molecule has 0 heterocycles. The number of nitrogens with zero attached hydrogens (tertiary/aromatic N) is 1. The molecule has 0 atom stereocenters. The molecule has 1 fully saturated rings. The molecule has 0 unspecified atom stereocenters. The van der Waals surface area contributed by atoms with Gasteiger partial charge in [0.25, 0.3) is 0 Å². The van der Waals surface area contributed by atoms with E-state index in [1.54, 1.807) is 0 Å². The van der Waals surface area contributed by atoms with Crippen LogP contribution in [-0.2, 0) is 0 Å². The third-order valence-electron chi connectivity index (χ3n) is 2.95. The molecule has 1 saturated carbocycles. The molecule has 0 spiro atoms. The van der Waals surface area contributed by atoms with Crippen molar-refractivity contribution in [3.8, 4) is 6.07 Å². The average molecular weight is 254 g/mol. The highest BCUT2D eigenvalue weighted by Crippen LogP contribution is 2.52. The van der Waals surface area contributed by atoms with Crippen molar-refractivity contribution in [2.45, 2.75) is 24.2 Å². The summed E-state index contributed by atoms with van der Waals surface area (Å²) in [6, 6.07) is 4.36. The van der Waals surface area contributed by atoms with Gasteiger partial charge in [-0.25, -0.2) is 8.78 Å². The average Bonchev–Trinajstić information content (AvgIpc) is 2.97. The molecule has 1 aliphatic rings.